The van der Waals surface area contributed by atoms with Crippen LogP contribution in [0.3, 0.4) is 0 Å². The number of amides is 2. The molecule has 1 fully saturated rings. The van der Waals surface area contributed by atoms with E-state index in [4.69, 9.17) is 9.47 Å². The van der Waals surface area contributed by atoms with Crippen molar-refractivity contribution in [1.82, 2.24) is 10.2 Å². The van der Waals surface area contributed by atoms with Crippen LogP contribution in [0.15, 0.2) is 42.7 Å². The number of alkyl carbamates (subject to hydrolysis) is 1. The van der Waals surface area contributed by atoms with E-state index in [0.29, 0.717) is 12.8 Å². The monoisotopic (exact) mass is 388 g/mol. The van der Waals surface area contributed by atoms with Crippen LogP contribution in [-0.4, -0.2) is 47.1 Å². The second kappa shape index (κ2) is 8.91. The van der Waals surface area contributed by atoms with Crippen LogP contribution >= 0.6 is 0 Å². The Bertz CT molecular complexity index is 739. The topological polar surface area (TPSA) is 84.9 Å². The molecule has 0 saturated carbocycles. The van der Waals surface area contributed by atoms with Gasteiger partial charge >= 0.3 is 12.1 Å². The lowest BCUT2D eigenvalue weighted by Crippen LogP contribution is -2.71. The highest BCUT2D eigenvalue weighted by Gasteiger charge is 2.49. The van der Waals surface area contributed by atoms with Crippen LogP contribution in [-0.2, 0) is 25.5 Å². The SMILES string of the molecule is C=C(C)OC(=O)CN1C(=O)[C@@H](NC(=O)OC(C)(C)C)C1CCc1ccccc1. The van der Waals surface area contributed by atoms with Gasteiger partial charge < -0.3 is 19.7 Å². The third-order valence-corrected chi connectivity index (χ3v) is 4.17. The fourth-order valence-electron chi connectivity index (χ4n) is 3.04. The van der Waals surface area contributed by atoms with Gasteiger partial charge in [-0.2, -0.15) is 0 Å². The summed E-state index contributed by atoms with van der Waals surface area (Å²) in [7, 11) is 0. The highest BCUT2D eigenvalue weighted by molar-refractivity contribution is 5.94. The Balaban J connectivity index is 2.05. The molecule has 0 radical (unpaired) electrons. The number of allylic oxidation sites excluding steroid dienone is 1. The standard InChI is InChI=1S/C21H28N2O5/c1-14(2)27-17(24)13-23-16(12-11-15-9-7-6-8-10-15)18(19(23)25)22-20(26)28-21(3,4)5/h6-10,16,18H,1,11-13H2,2-5H3,(H,22,26)/t16?,18-/m0/s1. The predicted molar refractivity (Wildman–Crippen MR) is 104 cm³/mol. The summed E-state index contributed by atoms with van der Waals surface area (Å²) in [6.45, 7) is 10.2. The smallest absolute Gasteiger partial charge is 0.408 e. The lowest BCUT2D eigenvalue weighted by Gasteiger charge is -2.46. The highest BCUT2D eigenvalue weighted by atomic mass is 16.6. The second-order valence-electron chi connectivity index (χ2n) is 7.86. The zero-order valence-electron chi connectivity index (χ0n) is 16.9. The molecule has 28 heavy (non-hydrogen) atoms. The number of nitrogens with zero attached hydrogens (tertiary/aromatic N) is 1. The van der Waals surface area contributed by atoms with Crippen LogP contribution in [0, 0.1) is 0 Å². The van der Waals surface area contributed by atoms with Crippen molar-refractivity contribution in [2.45, 2.75) is 58.2 Å². The summed E-state index contributed by atoms with van der Waals surface area (Å²) in [5, 5.41) is 2.63. The van der Waals surface area contributed by atoms with E-state index >= 15 is 0 Å². The molecule has 1 N–H and O–H groups in total. The number of rotatable bonds is 7. The molecule has 1 saturated heterocycles. The van der Waals surface area contributed by atoms with E-state index < -0.39 is 23.7 Å². The molecule has 1 aliphatic rings. The number of ether oxygens (including phenoxy) is 2. The molecule has 0 aromatic heterocycles. The Labute approximate surface area is 165 Å². The van der Waals surface area contributed by atoms with Gasteiger partial charge in [0.05, 0.1) is 11.8 Å². The Morgan fingerprint density at radius 2 is 1.86 bits per heavy atom. The van der Waals surface area contributed by atoms with Gasteiger partial charge in [-0.1, -0.05) is 36.9 Å². The summed E-state index contributed by atoms with van der Waals surface area (Å²) in [5.41, 5.74) is 0.448. The number of carbonyl (C=O) groups is 3. The third-order valence-electron chi connectivity index (χ3n) is 4.17. The minimum absolute atomic E-state index is 0.183. The number of benzene rings is 1. The maximum atomic E-state index is 12.5. The van der Waals surface area contributed by atoms with E-state index in [9.17, 15) is 14.4 Å². The van der Waals surface area contributed by atoms with Crippen molar-refractivity contribution < 1.29 is 23.9 Å². The minimum atomic E-state index is -0.726. The first kappa shape index (κ1) is 21.5. The quantitative estimate of drug-likeness (QED) is 0.441. The summed E-state index contributed by atoms with van der Waals surface area (Å²) in [5.74, 6) is -0.619. The molecule has 2 amide bonds. The van der Waals surface area contributed by atoms with Crippen molar-refractivity contribution in [2.24, 2.45) is 0 Å². The van der Waals surface area contributed by atoms with Gasteiger partial charge in [0, 0.05) is 0 Å². The molecule has 0 spiro atoms. The first-order valence-corrected chi connectivity index (χ1v) is 9.27. The van der Waals surface area contributed by atoms with Crippen molar-refractivity contribution in [1.29, 1.82) is 0 Å². The van der Waals surface area contributed by atoms with Crippen LogP contribution in [0.1, 0.15) is 39.7 Å². The molecular weight excluding hydrogens is 360 g/mol. The van der Waals surface area contributed by atoms with E-state index in [2.05, 4.69) is 11.9 Å². The maximum Gasteiger partial charge on any atom is 0.408 e. The summed E-state index contributed by atoms with van der Waals surface area (Å²) < 4.78 is 10.2. The molecule has 1 unspecified atom stereocenters. The van der Waals surface area contributed by atoms with Gasteiger partial charge in [-0.3, -0.25) is 4.79 Å². The first-order chi connectivity index (χ1) is 13.1. The predicted octanol–water partition coefficient (Wildman–Crippen LogP) is 2.80. The number of hydrogen-bond acceptors (Lipinski definition) is 5. The normalized spacial score (nSPS) is 18.9. The second-order valence-corrected chi connectivity index (χ2v) is 7.86. The summed E-state index contributed by atoms with van der Waals surface area (Å²) in [6.07, 6.45) is 0.646. The molecule has 0 aliphatic carbocycles. The number of esters is 1. The number of hydrogen-bond donors (Lipinski definition) is 1. The molecule has 7 heteroatoms. The van der Waals surface area contributed by atoms with Gasteiger partial charge in [-0.25, -0.2) is 9.59 Å². The molecule has 152 valence electrons. The van der Waals surface area contributed by atoms with Crippen molar-refractivity contribution in [2.75, 3.05) is 6.54 Å². The summed E-state index contributed by atoms with van der Waals surface area (Å²) in [4.78, 5) is 38.0. The molecule has 2 atom stereocenters. The van der Waals surface area contributed by atoms with Crippen molar-refractivity contribution in [3.05, 3.63) is 48.2 Å². The van der Waals surface area contributed by atoms with E-state index in [1.54, 1.807) is 27.7 Å². The number of likely N-dealkylation sites (tertiary alicyclic amines) is 1. The molecule has 1 aromatic carbocycles. The van der Waals surface area contributed by atoms with Gasteiger partial charge in [-0.05, 0) is 46.1 Å². The summed E-state index contributed by atoms with van der Waals surface area (Å²) in [6, 6.07) is 8.77. The van der Waals surface area contributed by atoms with Gasteiger partial charge in [0.1, 0.15) is 18.2 Å². The molecule has 7 nitrogen and oxygen atoms in total. The number of β-lactam (4-membered cyclic amide) rings is 1. The van der Waals surface area contributed by atoms with Crippen LogP contribution < -0.4 is 5.32 Å². The zero-order valence-corrected chi connectivity index (χ0v) is 16.9. The zero-order chi connectivity index (χ0) is 20.9. The molecule has 1 heterocycles. The Morgan fingerprint density at radius 3 is 2.43 bits per heavy atom. The van der Waals surface area contributed by atoms with E-state index in [1.165, 1.54) is 4.90 Å². The molecule has 2 rings (SSSR count). The minimum Gasteiger partial charge on any atom is -0.444 e. The molecule has 0 bridgehead atoms. The van der Waals surface area contributed by atoms with E-state index in [-0.39, 0.29) is 24.3 Å². The molecular formula is C21H28N2O5. The maximum absolute atomic E-state index is 12.5. The van der Waals surface area contributed by atoms with E-state index in [0.717, 1.165) is 5.56 Å². The lowest BCUT2D eigenvalue weighted by atomic mass is 9.89. The fourth-order valence-corrected chi connectivity index (χ4v) is 3.04. The number of nitrogens with one attached hydrogen (secondary N) is 1. The lowest BCUT2D eigenvalue weighted by molar-refractivity contribution is -0.159. The Hall–Kier alpha value is -2.83. The van der Waals surface area contributed by atoms with Crippen LogP contribution in [0.2, 0.25) is 0 Å². The van der Waals surface area contributed by atoms with Gasteiger partial charge in [0.2, 0.25) is 5.91 Å². The van der Waals surface area contributed by atoms with Crippen molar-refractivity contribution >= 4 is 18.0 Å². The summed E-state index contributed by atoms with van der Waals surface area (Å²) >= 11 is 0. The van der Waals surface area contributed by atoms with Gasteiger partial charge in [0.15, 0.2) is 0 Å². The van der Waals surface area contributed by atoms with E-state index in [1.807, 2.05) is 30.3 Å². The van der Waals surface area contributed by atoms with Crippen molar-refractivity contribution in [3.8, 4) is 0 Å². The van der Waals surface area contributed by atoms with Gasteiger partial charge in [0.25, 0.3) is 0 Å². The Kier molecular flexibility index (Phi) is 6.83. The van der Waals surface area contributed by atoms with Gasteiger partial charge in [-0.15, -0.1) is 0 Å². The average molecular weight is 388 g/mol. The largest absolute Gasteiger partial charge is 0.444 e. The first-order valence-electron chi connectivity index (χ1n) is 9.27. The molecule has 1 aliphatic heterocycles. The van der Waals surface area contributed by atoms with Crippen molar-refractivity contribution in [3.63, 3.8) is 0 Å². The Morgan fingerprint density at radius 1 is 1.21 bits per heavy atom. The fraction of sp³-hybridized carbons (Fsp3) is 0.476. The van der Waals surface area contributed by atoms with Crippen LogP contribution in [0.5, 0.6) is 0 Å². The van der Waals surface area contributed by atoms with Crippen LogP contribution in [0.4, 0.5) is 4.79 Å². The third kappa shape index (κ3) is 6.11. The molecule has 1 aromatic rings. The number of aryl methyl sites for hydroxylation is 1. The van der Waals surface area contributed by atoms with Crippen LogP contribution in [0.25, 0.3) is 0 Å². The number of carbonyl (C=O) groups excluding carboxylic acids is 3. The highest BCUT2D eigenvalue weighted by Crippen LogP contribution is 2.25. The average Bonchev–Trinajstić information content (AvgIpc) is 2.58.